The Hall–Kier alpha value is -2.35. The number of aryl methyl sites for hydroxylation is 2. The molecule has 19 heavy (non-hydrogen) atoms. The van der Waals surface area contributed by atoms with Gasteiger partial charge in [0, 0.05) is 24.0 Å². The molecule has 0 spiro atoms. The fourth-order valence-electron chi connectivity index (χ4n) is 1.96. The molecule has 1 aromatic heterocycles. The maximum atomic E-state index is 13.3. The Morgan fingerprint density at radius 2 is 2.11 bits per heavy atom. The van der Waals surface area contributed by atoms with Gasteiger partial charge in [-0.05, 0) is 37.6 Å². The molecule has 1 N–H and O–H groups in total. The van der Waals surface area contributed by atoms with Crippen molar-refractivity contribution in [2.45, 2.75) is 19.9 Å². The van der Waals surface area contributed by atoms with Crippen LogP contribution in [-0.4, -0.2) is 9.78 Å². The van der Waals surface area contributed by atoms with E-state index in [9.17, 15) is 9.65 Å². The molecule has 1 heterocycles. The minimum Gasteiger partial charge on any atom is -0.366 e. The Morgan fingerprint density at radius 3 is 2.63 bits per heavy atom. The van der Waals surface area contributed by atoms with Gasteiger partial charge in [0.15, 0.2) is 0 Å². The summed E-state index contributed by atoms with van der Waals surface area (Å²) in [6, 6.07) is 6.26. The van der Waals surface area contributed by atoms with Gasteiger partial charge in [-0.3, -0.25) is 4.68 Å². The van der Waals surface area contributed by atoms with Crippen LogP contribution in [0.15, 0.2) is 24.4 Å². The van der Waals surface area contributed by atoms with Crippen molar-refractivity contribution in [2.75, 3.05) is 5.32 Å². The Labute approximate surface area is 111 Å². The summed E-state index contributed by atoms with van der Waals surface area (Å²) in [5.41, 5.74) is 3.11. The van der Waals surface area contributed by atoms with E-state index in [2.05, 4.69) is 16.5 Å². The average molecular weight is 258 g/mol. The van der Waals surface area contributed by atoms with Gasteiger partial charge in [-0.25, -0.2) is 4.39 Å². The normalized spacial score (nSPS) is 11.9. The first-order valence-corrected chi connectivity index (χ1v) is 5.93. The molecule has 0 fully saturated rings. The number of hydrogen-bond donors (Lipinski definition) is 1. The number of nitrogens with zero attached hydrogens (tertiary/aromatic N) is 3. The Kier molecular flexibility index (Phi) is 3.52. The predicted molar refractivity (Wildman–Crippen MR) is 71.1 cm³/mol. The molecular weight excluding hydrogens is 243 g/mol. The minimum absolute atomic E-state index is 0.318. The average Bonchev–Trinajstić information content (AvgIpc) is 2.66. The zero-order valence-electron chi connectivity index (χ0n) is 11.1. The molecule has 2 rings (SSSR count). The van der Waals surface area contributed by atoms with Gasteiger partial charge in [-0.1, -0.05) is 0 Å². The number of hydrogen-bond acceptors (Lipinski definition) is 3. The topological polar surface area (TPSA) is 53.6 Å². The van der Waals surface area contributed by atoms with E-state index in [1.165, 1.54) is 12.1 Å². The zero-order valence-corrected chi connectivity index (χ0v) is 11.1. The SMILES string of the molecule is Cc1cc(F)cc(NC(C#N)c2cnn(C)c2C)c1. The van der Waals surface area contributed by atoms with Crippen molar-refractivity contribution >= 4 is 5.69 Å². The summed E-state index contributed by atoms with van der Waals surface area (Å²) in [5.74, 6) is -0.318. The van der Waals surface area contributed by atoms with Gasteiger partial charge in [0.25, 0.3) is 0 Å². The van der Waals surface area contributed by atoms with E-state index in [-0.39, 0.29) is 5.82 Å². The highest BCUT2D eigenvalue weighted by molar-refractivity contribution is 5.50. The van der Waals surface area contributed by atoms with Crippen molar-refractivity contribution in [1.82, 2.24) is 9.78 Å². The van der Waals surface area contributed by atoms with Gasteiger partial charge in [0.1, 0.15) is 11.9 Å². The molecule has 4 nitrogen and oxygen atoms in total. The van der Waals surface area contributed by atoms with Crippen molar-refractivity contribution < 1.29 is 4.39 Å². The van der Waals surface area contributed by atoms with Crippen molar-refractivity contribution in [3.05, 3.63) is 47.0 Å². The molecule has 0 bridgehead atoms. The van der Waals surface area contributed by atoms with Crippen LogP contribution in [0.3, 0.4) is 0 Å². The molecule has 0 saturated heterocycles. The molecule has 0 aliphatic heterocycles. The van der Waals surface area contributed by atoms with Gasteiger partial charge < -0.3 is 5.32 Å². The van der Waals surface area contributed by atoms with Gasteiger partial charge in [-0.15, -0.1) is 0 Å². The summed E-state index contributed by atoms with van der Waals surface area (Å²) in [4.78, 5) is 0. The second-order valence-corrected chi connectivity index (χ2v) is 4.53. The molecule has 1 unspecified atom stereocenters. The van der Waals surface area contributed by atoms with Crippen LogP contribution in [0.2, 0.25) is 0 Å². The third-order valence-corrected chi connectivity index (χ3v) is 3.07. The van der Waals surface area contributed by atoms with Crippen molar-refractivity contribution in [3.63, 3.8) is 0 Å². The molecule has 1 aromatic carbocycles. The Morgan fingerprint density at radius 1 is 1.37 bits per heavy atom. The molecule has 0 radical (unpaired) electrons. The summed E-state index contributed by atoms with van der Waals surface area (Å²) in [6.07, 6.45) is 1.66. The molecule has 0 aliphatic carbocycles. The second kappa shape index (κ2) is 5.11. The number of anilines is 1. The highest BCUT2D eigenvalue weighted by Gasteiger charge is 2.16. The van der Waals surface area contributed by atoms with Crippen molar-refractivity contribution in [2.24, 2.45) is 7.05 Å². The van der Waals surface area contributed by atoms with E-state index >= 15 is 0 Å². The van der Waals surface area contributed by atoms with E-state index in [4.69, 9.17) is 0 Å². The molecule has 2 aromatic rings. The number of nitriles is 1. The lowest BCUT2D eigenvalue weighted by atomic mass is 10.1. The lowest BCUT2D eigenvalue weighted by Crippen LogP contribution is -2.10. The maximum absolute atomic E-state index is 13.3. The highest BCUT2D eigenvalue weighted by Crippen LogP contribution is 2.22. The lowest BCUT2D eigenvalue weighted by molar-refractivity contribution is 0.627. The predicted octanol–water partition coefficient (Wildman–Crippen LogP) is 2.85. The van der Waals surface area contributed by atoms with Crippen LogP contribution < -0.4 is 5.32 Å². The first kappa shape index (κ1) is 13.1. The third-order valence-electron chi connectivity index (χ3n) is 3.07. The Balaban J connectivity index is 2.30. The van der Waals surface area contributed by atoms with Gasteiger partial charge in [0.05, 0.1) is 12.3 Å². The molecular formula is C14H15FN4. The van der Waals surface area contributed by atoms with E-state index in [1.54, 1.807) is 16.9 Å². The summed E-state index contributed by atoms with van der Waals surface area (Å²) in [7, 11) is 1.82. The second-order valence-electron chi connectivity index (χ2n) is 4.53. The molecule has 0 amide bonds. The Bertz CT molecular complexity index is 619. The third kappa shape index (κ3) is 2.74. The first-order valence-electron chi connectivity index (χ1n) is 5.93. The summed E-state index contributed by atoms with van der Waals surface area (Å²) >= 11 is 0. The van der Waals surface area contributed by atoms with Gasteiger partial charge in [-0.2, -0.15) is 10.4 Å². The van der Waals surface area contributed by atoms with E-state index in [0.717, 1.165) is 16.8 Å². The van der Waals surface area contributed by atoms with Crippen LogP contribution in [0.25, 0.3) is 0 Å². The van der Waals surface area contributed by atoms with E-state index < -0.39 is 6.04 Å². The zero-order chi connectivity index (χ0) is 14.0. The largest absolute Gasteiger partial charge is 0.366 e. The van der Waals surface area contributed by atoms with E-state index in [1.807, 2.05) is 20.9 Å². The fourth-order valence-corrected chi connectivity index (χ4v) is 1.96. The van der Waals surface area contributed by atoms with Crippen LogP contribution >= 0.6 is 0 Å². The number of benzene rings is 1. The highest BCUT2D eigenvalue weighted by atomic mass is 19.1. The summed E-state index contributed by atoms with van der Waals surface area (Å²) in [5, 5.41) is 16.4. The van der Waals surface area contributed by atoms with Crippen molar-refractivity contribution in [1.29, 1.82) is 5.26 Å². The number of halogens is 1. The number of nitrogens with one attached hydrogen (secondary N) is 1. The van der Waals surface area contributed by atoms with Gasteiger partial charge >= 0.3 is 0 Å². The summed E-state index contributed by atoms with van der Waals surface area (Å²) < 4.78 is 15.0. The molecule has 0 aliphatic rings. The van der Waals surface area contributed by atoms with Crippen LogP contribution in [0.4, 0.5) is 10.1 Å². The van der Waals surface area contributed by atoms with Gasteiger partial charge in [0.2, 0.25) is 0 Å². The van der Waals surface area contributed by atoms with Crippen LogP contribution in [0.1, 0.15) is 22.9 Å². The minimum atomic E-state index is -0.546. The fraction of sp³-hybridized carbons (Fsp3) is 0.286. The van der Waals surface area contributed by atoms with E-state index in [0.29, 0.717) is 5.69 Å². The maximum Gasteiger partial charge on any atom is 0.143 e. The van der Waals surface area contributed by atoms with Crippen molar-refractivity contribution in [3.8, 4) is 6.07 Å². The molecule has 98 valence electrons. The molecule has 0 saturated carbocycles. The van der Waals surface area contributed by atoms with Crippen LogP contribution in [-0.2, 0) is 7.05 Å². The van der Waals surface area contributed by atoms with Crippen LogP contribution in [0.5, 0.6) is 0 Å². The first-order chi connectivity index (χ1) is 9.01. The smallest absolute Gasteiger partial charge is 0.143 e. The number of rotatable bonds is 3. The summed E-state index contributed by atoms with van der Waals surface area (Å²) in [6.45, 7) is 3.70. The lowest BCUT2D eigenvalue weighted by Gasteiger charge is -2.13. The standard InChI is InChI=1S/C14H15FN4/c1-9-4-11(15)6-12(5-9)18-14(7-16)13-8-17-19(3)10(13)2/h4-6,8,14,18H,1-3H3. The molecule has 1 atom stereocenters. The monoisotopic (exact) mass is 258 g/mol. The molecule has 5 heteroatoms. The van der Waals surface area contributed by atoms with Crippen LogP contribution in [0, 0.1) is 31.0 Å². The number of aromatic nitrogens is 2. The quantitative estimate of drug-likeness (QED) is 0.921.